The third-order valence-corrected chi connectivity index (χ3v) is 2.68. The summed E-state index contributed by atoms with van der Waals surface area (Å²) in [6, 6.07) is 16.8. The molecule has 2 aromatic rings. The van der Waals surface area contributed by atoms with Crippen LogP contribution in [0.25, 0.3) is 0 Å². The molecule has 0 amide bonds. The molecule has 0 aliphatic heterocycles. The van der Waals surface area contributed by atoms with Crippen molar-refractivity contribution in [3.8, 4) is 17.6 Å². The number of allylic oxidation sites excluding steroid dienone is 2. The molecule has 0 atom stereocenters. The number of ketones is 1. The van der Waals surface area contributed by atoms with Crippen molar-refractivity contribution in [3.63, 3.8) is 0 Å². The monoisotopic (exact) mass is 262 g/mol. The zero-order chi connectivity index (χ0) is 14.2. The normalized spacial score (nSPS) is 9.85. The van der Waals surface area contributed by atoms with E-state index in [-0.39, 0.29) is 5.78 Å². The van der Waals surface area contributed by atoms with E-state index < -0.39 is 0 Å². The summed E-state index contributed by atoms with van der Waals surface area (Å²) < 4.78 is 5.15. The molecule has 0 aromatic heterocycles. The van der Waals surface area contributed by atoms with Crippen molar-refractivity contribution >= 4 is 5.78 Å². The Bertz CT molecular complexity index is 673. The summed E-state index contributed by atoms with van der Waals surface area (Å²) >= 11 is 0. The molecular weight excluding hydrogens is 248 g/mol. The van der Waals surface area contributed by atoms with E-state index in [1.165, 1.54) is 6.08 Å². The SMILES string of the molecule is COc1ccccc1C(=O)/C=C/C#Cc1ccccc1. The second kappa shape index (κ2) is 6.96. The van der Waals surface area contributed by atoms with Gasteiger partial charge < -0.3 is 4.74 Å². The van der Waals surface area contributed by atoms with E-state index in [4.69, 9.17) is 4.74 Å². The van der Waals surface area contributed by atoms with Gasteiger partial charge in [0.2, 0.25) is 0 Å². The number of ether oxygens (including phenoxy) is 1. The van der Waals surface area contributed by atoms with Gasteiger partial charge in [-0.25, -0.2) is 0 Å². The summed E-state index contributed by atoms with van der Waals surface area (Å²) in [7, 11) is 1.55. The third-order valence-electron chi connectivity index (χ3n) is 2.68. The van der Waals surface area contributed by atoms with Gasteiger partial charge in [-0.05, 0) is 36.4 Å². The summed E-state index contributed by atoms with van der Waals surface area (Å²) in [5.41, 5.74) is 1.45. The van der Waals surface area contributed by atoms with Crippen molar-refractivity contribution in [2.24, 2.45) is 0 Å². The van der Waals surface area contributed by atoms with Crippen molar-refractivity contribution in [2.45, 2.75) is 0 Å². The van der Waals surface area contributed by atoms with E-state index in [1.54, 1.807) is 31.4 Å². The highest BCUT2D eigenvalue weighted by Gasteiger charge is 2.07. The minimum absolute atomic E-state index is 0.121. The third kappa shape index (κ3) is 3.60. The number of hydrogen-bond donors (Lipinski definition) is 0. The van der Waals surface area contributed by atoms with E-state index in [1.807, 2.05) is 36.4 Å². The first-order valence-corrected chi connectivity index (χ1v) is 6.22. The molecule has 2 nitrogen and oxygen atoms in total. The second-order valence-electron chi connectivity index (χ2n) is 4.03. The van der Waals surface area contributed by atoms with Gasteiger partial charge in [0.05, 0.1) is 12.7 Å². The Hall–Kier alpha value is -2.79. The van der Waals surface area contributed by atoms with E-state index >= 15 is 0 Å². The molecule has 0 spiro atoms. The van der Waals surface area contributed by atoms with E-state index in [0.29, 0.717) is 11.3 Å². The lowest BCUT2D eigenvalue weighted by Crippen LogP contribution is -1.98. The number of rotatable bonds is 3. The highest BCUT2D eigenvalue weighted by molar-refractivity contribution is 6.06. The van der Waals surface area contributed by atoms with Gasteiger partial charge in [0.15, 0.2) is 5.78 Å². The first-order chi connectivity index (χ1) is 9.81. The lowest BCUT2D eigenvalue weighted by molar-refractivity contribution is 0.104. The highest BCUT2D eigenvalue weighted by Crippen LogP contribution is 2.17. The molecule has 2 rings (SSSR count). The molecule has 0 heterocycles. The van der Waals surface area contributed by atoms with E-state index in [9.17, 15) is 4.79 Å². The Labute approximate surface area is 118 Å². The fourth-order valence-electron chi connectivity index (χ4n) is 1.70. The van der Waals surface area contributed by atoms with Crippen molar-refractivity contribution in [1.82, 2.24) is 0 Å². The number of para-hydroxylation sites is 1. The van der Waals surface area contributed by atoms with E-state index in [2.05, 4.69) is 11.8 Å². The number of benzene rings is 2. The average Bonchev–Trinajstić information content (AvgIpc) is 2.52. The summed E-state index contributed by atoms with van der Waals surface area (Å²) in [6.45, 7) is 0. The van der Waals surface area contributed by atoms with Gasteiger partial charge in [0, 0.05) is 5.56 Å². The summed E-state index contributed by atoms with van der Waals surface area (Å²) in [6.07, 6.45) is 3.01. The van der Waals surface area contributed by atoms with Crippen LogP contribution < -0.4 is 4.74 Å². The second-order valence-corrected chi connectivity index (χ2v) is 4.03. The first kappa shape index (κ1) is 13.6. The first-order valence-electron chi connectivity index (χ1n) is 6.22. The number of hydrogen-bond acceptors (Lipinski definition) is 2. The van der Waals surface area contributed by atoms with Gasteiger partial charge in [-0.15, -0.1) is 0 Å². The van der Waals surface area contributed by atoms with E-state index in [0.717, 1.165) is 5.56 Å². The average molecular weight is 262 g/mol. The molecule has 0 N–H and O–H groups in total. The summed E-state index contributed by atoms with van der Waals surface area (Å²) in [5, 5.41) is 0. The Balaban J connectivity index is 2.09. The Morgan fingerprint density at radius 1 is 1.05 bits per heavy atom. The quantitative estimate of drug-likeness (QED) is 0.481. The van der Waals surface area contributed by atoms with Crippen LogP contribution in [0.4, 0.5) is 0 Å². The predicted molar refractivity (Wildman–Crippen MR) is 79.8 cm³/mol. The molecule has 0 aliphatic rings. The molecule has 0 aliphatic carbocycles. The lowest BCUT2D eigenvalue weighted by atomic mass is 10.1. The van der Waals surface area contributed by atoms with Crippen LogP contribution in [0.3, 0.4) is 0 Å². The molecule has 0 bridgehead atoms. The summed E-state index contributed by atoms with van der Waals surface area (Å²) in [4.78, 5) is 12.0. The number of carbonyl (C=O) groups is 1. The molecule has 2 heteroatoms. The van der Waals surface area contributed by atoms with Gasteiger partial charge in [0.25, 0.3) is 0 Å². The van der Waals surface area contributed by atoms with Crippen molar-refractivity contribution in [3.05, 3.63) is 77.9 Å². The molecule has 0 radical (unpaired) electrons. The van der Waals surface area contributed by atoms with Crippen molar-refractivity contribution in [1.29, 1.82) is 0 Å². The smallest absolute Gasteiger partial charge is 0.190 e. The van der Waals surface area contributed by atoms with Crippen LogP contribution in [0.1, 0.15) is 15.9 Å². The zero-order valence-electron chi connectivity index (χ0n) is 11.2. The van der Waals surface area contributed by atoms with Crippen molar-refractivity contribution in [2.75, 3.05) is 7.11 Å². The van der Waals surface area contributed by atoms with Crippen LogP contribution in [0, 0.1) is 11.8 Å². The lowest BCUT2D eigenvalue weighted by Gasteiger charge is -2.03. The van der Waals surface area contributed by atoms with Crippen LogP contribution in [0.15, 0.2) is 66.7 Å². The predicted octanol–water partition coefficient (Wildman–Crippen LogP) is 3.49. The maximum atomic E-state index is 12.0. The topological polar surface area (TPSA) is 26.3 Å². The number of methoxy groups -OCH3 is 1. The minimum atomic E-state index is -0.121. The molecule has 0 saturated heterocycles. The van der Waals surface area contributed by atoms with Gasteiger partial charge >= 0.3 is 0 Å². The molecule has 2 aromatic carbocycles. The Morgan fingerprint density at radius 3 is 2.50 bits per heavy atom. The van der Waals surface area contributed by atoms with Gasteiger partial charge in [0.1, 0.15) is 5.75 Å². The standard InChI is InChI=1S/C18H14O2/c1-20-18-14-8-6-12-16(18)17(19)13-7-5-11-15-9-3-2-4-10-15/h2-4,6-10,12-14H,1H3/b13-7+. The highest BCUT2D eigenvalue weighted by atomic mass is 16.5. The maximum absolute atomic E-state index is 12.0. The zero-order valence-corrected chi connectivity index (χ0v) is 11.2. The molecule has 20 heavy (non-hydrogen) atoms. The van der Waals surface area contributed by atoms with Crippen LogP contribution in [-0.2, 0) is 0 Å². The van der Waals surface area contributed by atoms with Crippen LogP contribution in [0.5, 0.6) is 5.75 Å². The van der Waals surface area contributed by atoms with Crippen LogP contribution in [0.2, 0.25) is 0 Å². The minimum Gasteiger partial charge on any atom is -0.496 e. The Morgan fingerprint density at radius 2 is 1.75 bits per heavy atom. The fourth-order valence-corrected chi connectivity index (χ4v) is 1.70. The van der Waals surface area contributed by atoms with Gasteiger partial charge in [-0.2, -0.15) is 0 Å². The van der Waals surface area contributed by atoms with Gasteiger partial charge in [-0.3, -0.25) is 4.79 Å². The van der Waals surface area contributed by atoms with Crippen molar-refractivity contribution < 1.29 is 9.53 Å². The molecule has 0 fully saturated rings. The van der Waals surface area contributed by atoms with Crippen LogP contribution in [-0.4, -0.2) is 12.9 Å². The molecular formula is C18H14O2. The molecule has 98 valence electrons. The Kier molecular flexibility index (Phi) is 4.75. The largest absolute Gasteiger partial charge is 0.496 e. The van der Waals surface area contributed by atoms with Crippen LogP contribution >= 0.6 is 0 Å². The molecule has 0 unspecified atom stereocenters. The number of carbonyl (C=O) groups excluding carboxylic acids is 1. The van der Waals surface area contributed by atoms with Gasteiger partial charge in [-0.1, -0.05) is 42.2 Å². The molecule has 0 saturated carbocycles. The fraction of sp³-hybridized carbons (Fsp3) is 0.0556. The summed E-state index contributed by atoms with van der Waals surface area (Å²) in [5.74, 6) is 6.25. The maximum Gasteiger partial charge on any atom is 0.190 e.